The summed E-state index contributed by atoms with van der Waals surface area (Å²) in [5.41, 5.74) is 0.0478. The normalized spacial score (nSPS) is 13.3. The van der Waals surface area contributed by atoms with Crippen molar-refractivity contribution in [3.05, 3.63) is 22.1 Å². The van der Waals surface area contributed by atoms with Crippen molar-refractivity contribution in [2.45, 2.75) is 32.8 Å². The van der Waals surface area contributed by atoms with Gasteiger partial charge < -0.3 is 9.47 Å². The fourth-order valence-corrected chi connectivity index (χ4v) is 1.91. The van der Waals surface area contributed by atoms with Gasteiger partial charge in [0.15, 0.2) is 0 Å². The van der Waals surface area contributed by atoms with Crippen LogP contribution in [-0.2, 0) is 9.47 Å². The summed E-state index contributed by atoms with van der Waals surface area (Å²) >= 11 is 6.69. The van der Waals surface area contributed by atoms with E-state index >= 15 is 0 Å². The van der Waals surface area contributed by atoms with Gasteiger partial charge in [-0.05, 0) is 50.1 Å². The summed E-state index contributed by atoms with van der Waals surface area (Å²) in [4.78, 5) is 0. The maximum Gasteiger partial charge on any atom is 0.147 e. The molecule has 0 radical (unpaired) electrons. The van der Waals surface area contributed by atoms with Crippen molar-refractivity contribution in [1.29, 1.82) is 0 Å². The van der Waals surface area contributed by atoms with E-state index in [9.17, 15) is 0 Å². The molecular weight excluding hydrogens is 336 g/mol. The Hall–Kier alpha value is 0.360. The molecule has 0 amide bonds. The lowest BCUT2D eigenvalue weighted by atomic mass is 9.82. The average Bonchev–Trinajstić information content (AvgIpc) is 2.17. The molecule has 0 aliphatic heterocycles. The van der Waals surface area contributed by atoms with Crippen LogP contribution in [0.2, 0.25) is 0 Å². The van der Waals surface area contributed by atoms with Crippen LogP contribution in [0.15, 0.2) is 22.1 Å². The standard InChI is InChI=1S/C12H20Br2O2/c1-5-10(16-9-15-4)12(2,3)8-6-7-11(13)14/h5,7,10H,1,6,8-9H2,2-4H3. The quantitative estimate of drug-likeness (QED) is 0.468. The maximum absolute atomic E-state index is 5.58. The lowest BCUT2D eigenvalue weighted by molar-refractivity contribution is -0.0923. The highest BCUT2D eigenvalue weighted by Gasteiger charge is 2.27. The Morgan fingerprint density at radius 3 is 2.50 bits per heavy atom. The molecule has 0 spiro atoms. The van der Waals surface area contributed by atoms with Crippen molar-refractivity contribution in [2.24, 2.45) is 5.41 Å². The lowest BCUT2D eigenvalue weighted by Crippen LogP contribution is -2.30. The summed E-state index contributed by atoms with van der Waals surface area (Å²) in [7, 11) is 1.62. The van der Waals surface area contributed by atoms with Crippen LogP contribution < -0.4 is 0 Å². The number of methoxy groups -OCH3 is 1. The van der Waals surface area contributed by atoms with E-state index in [2.05, 4.69) is 58.4 Å². The largest absolute Gasteiger partial charge is 0.359 e. The molecule has 0 rings (SSSR count). The fourth-order valence-electron chi connectivity index (χ4n) is 1.45. The van der Waals surface area contributed by atoms with Gasteiger partial charge in [-0.15, -0.1) is 6.58 Å². The van der Waals surface area contributed by atoms with E-state index in [0.717, 1.165) is 16.2 Å². The van der Waals surface area contributed by atoms with Gasteiger partial charge in [0.1, 0.15) is 6.79 Å². The Morgan fingerprint density at radius 1 is 1.44 bits per heavy atom. The number of hydrogen-bond acceptors (Lipinski definition) is 2. The number of rotatable bonds is 8. The molecule has 0 aromatic carbocycles. The zero-order valence-corrected chi connectivity index (χ0v) is 13.3. The van der Waals surface area contributed by atoms with Crippen LogP contribution in [0, 0.1) is 5.41 Å². The second kappa shape index (κ2) is 8.45. The predicted octanol–water partition coefficient (Wildman–Crippen LogP) is 4.60. The molecule has 0 aliphatic rings. The van der Waals surface area contributed by atoms with E-state index in [4.69, 9.17) is 9.47 Å². The van der Waals surface area contributed by atoms with Crippen LogP contribution in [0.1, 0.15) is 26.7 Å². The fraction of sp³-hybridized carbons (Fsp3) is 0.667. The van der Waals surface area contributed by atoms with Crippen LogP contribution in [0.4, 0.5) is 0 Å². The van der Waals surface area contributed by atoms with Crippen molar-refractivity contribution in [1.82, 2.24) is 0 Å². The van der Waals surface area contributed by atoms with Gasteiger partial charge in [0.25, 0.3) is 0 Å². The number of allylic oxidation sites excluding steroid dienone is 1. The van der Waals surface area contributed by atoms with Gasteiger partial charge in [-0.3, -0.25) is 0 Å². The SMILES string of the molecule is C=CC(OCOC)C(C)(C)CCC=C(Br)Br. The van der Waals surface area contributed by atoms with E-state index in [-0.39, 0.29) is 11.5 Å². The van der Waals surface area contributed by atoms with Gasteiger partial charge in [0, 0.05) is 7.11 Å². The molecule has 0 fully saturated rings. The summed E-state index contributed by atoms with van der Waals surface area (Å²) in [6.45, 7) is 8.46. The number of ether oxygens (including phenoxy) is 2. The topological polar surface area (TPSA) is 18.5 Å². The second-order valence-electron chi connectivity index (χ2n) is 4.25. The molecule has 0 heterocycles. The minimum atomic E-state index is 0.00921. The maximum atomic E-state index is 5.58. The van der Waals surface area contributed by atoms with Crippen LogP contribution in [0.5, 0.6) is 0 Å². The first-order valence-corrected chi connectivity index (χ1v) is 6.77. The third-order valence-corrected chi connectivity index (χ3v) is 3.08. The molecule has 4 heteroatoms. The Labute approximate surface area is 115 Å². The summed E-state index contributed by atoms with van der Waals surface area (Å²) in [5.74, 6) is 0. The average molecular weight is 356 g/mol. The molecule has 0 saturated heterocycles. The van der Waals surface area contributed by atoms with Gasteiger partial charge in [0.2, 0.25) is 0 Å². The zero-order chi connectivity index (χ0) is 12.6. The molecule has 0 aromatic heterocycles. The predicted molar refractivity (Wildman–Crippen MR) is 75.9 cm³/mol. The molecule has 0 aromatic rings. The molecule has 94 valence electrons. The zero-order valence-electron chi connectivity index (χ0n) is 10.1. The minimum Gasteiger partial charge on any atom is -0.359 e. The molecule has 2 nitrogen and oxygen atoms in total. The molecule has 1 atom stereocenters. The van der Waals surface area contributed by atoms with E-state index < -0.39 is 0 Å². The number of halogens is 2. The van der Waals surface area contributed by atoms with E-state index in [1.165, 1.54) is 0 Å². The van der Waals surface area contributed by atoms with Gasteiger partial charge >= 0.3 is 0 Å². The molecule has 16 heavy (non-hydrogen) atoms. The van der Waals surface area contributed by atoms with Crippen LogP contribution in [0.3, 0.4) is 0 Å². The first-order valence-electron chi connectivity index (χ1n) is 5.18. The molecule has 0 N–H and O–H groups in total. The highest BCUT2D eigenvalue weighted by molar-refractivity contribution is 9.28. The monoisotopic (exact) mass is 354 g/mol. The van der Waals surface area contributed by atoms with Crippen molar-refractivity contribution >= 4 is 31.9 Å². The molecule has 0 bridgehead atoms. The first-order chi connectivity index (χ1) is 7.44. The summed E-state index contributed by atoms with van der Waals surface area (Å²) in [5, 5.41) is 0. The molecular formula is C12H20Br2O2. The number of hydrogen-bond donors (Lipinski definition) is 0. The second-order valence-corrected chi connectivity index (χ2v) is 7.02. The van der Waals surface area contributed by atoms with E-state index in [1.807, 2.05) is 6.08 Å². The summed E-state index contributed by atoms with van der Waals surface area (Å²) in [6.07, 6.45) is 5.95. The van der Waals surface area contributed by atoms with Gasteiger partial charge in [-0.2, -0.15) is 0 Å². The first kappa shape index (κ1) is 16.4. The van der Waals surface area contributed by atoms with Gasteiger partial charge in [-0.25, -0.2) is 0 Å². The highest BCUT2D eigenvalue weighted by atomic mass is 79.9. The Morgan fingerprint density at radius 2 is 2.06 bits per heavy atom. The van der Waals surface area contributed by atoms with E-state index in [0.29, 0.717) is 6.79 Å². The van der Waals surface area contributed by atoms with Crippen LogP contribution >= 0.6 is 31.9 Å². The summed E-state index contributed by atoms with van der Waals surface area (Å²) in [6, 6.07) is 0. The Kier molecular flexibility index (Phi) is 8.64. The third-order valence-electron chi connectivity index (χ3n) is 2.44. The minimum absolute atomic E-state index is 0.00921. The van der Waals surface area contributed by atoms with Crippen molar-refractivity contribution < 1.29 is 9.47 Å². The van der Waals surface area contributed by atoms with Crippen molar-refractivity contribution in [3.8, 4) is 0 Å². The Balaban J connectivity index is 4.24. The highest BCUT2D eigenvalue weighted by Crippen LogP contribution is 2.31. The van der Waals surface area contributed by atoms with Crippen LogP contribution in [-0.4, -0.2) is 20.0 Å². The van der Waals surface area contributed by atoms with Crippen molar-refractivity contribution in [2.75, 3.05) is 13.9 Å². The molecule has 0 aliphatic carbocycles. The van der Waals surface area contributed by atoms with Crippen LogP contribution in [0.25, 0.3) is 0 Å². The van der Waals surface area contributed by atoms with Gasteiger partial charge in [-0.1, -0.05) is 26.0 Å². The smallest absolute Gasteiger partial charge is 0.147 e. The lowest BCUT2D eigenvalue weighted by Gasteiger charge is -2.31. The van der Waals surface area contributed by atoms with Gasteiger partial charge in [0.05, 0.1) is 9.50 Å². The molecule has 1 unspecified atom stereocenters. The van der Waals surface area contributed by atoms with E-state index in [1.54, 1.807) is 7.11 Å². The van der Waals surface area contributed by atoms with Crippen molar-refractivity contribution in [3.63, 3.8) is 0 Å². The Bertz CT molecular complexity index is 233. The third kappa shape index (κ3) is 6.84. The summed E-state index contributed by atoms with van der Waals surface area (Å²) < 4.78 is 11.5. The molecule has 0 saturated carbocycles.